The fourth-order valence-corrected chi connectivity index (χ4v) is 2.95. The van der Waals surface area contributed by atoms with Crippen LogP contribution in [0.4, 0.5) is 26.3 Å². The summed E-state index contributed by atoms with van der Waals surface area (Å²) in [5.74, 6) is -4.99. The van der Waals surface area contributed by atoms with Gasteiger partial charge in [-0.3, -0.25) is 4.55 Å². The Morgan fingerprint density at radius 1 is 1.19 bits per heavy atom. The monoisotopic (exact) mass is 408 g/mol. The van der Waals surface area contributed by atoms with Gasteiger partial charge in [0.25, 0.3) is 10.1 Å². The van der Waals surface area contributed by atoms with Gasteiger partial charge in [-0.05, 0) is 17.7 Å². The normalized spacial score (nSPS) is 18.5. The molecule has 13 heteroatoms. The first-order chi connectivity index (χ1) is 11.7. The molecule has 0 amide bonds. The summed E-state index contributed by atoms with van der Waals surface area (Å²) in [5, 5.41) is 0. The second kappa shape index (κ2) is 6.39. The van der Waals surface area contributed by atoms with Gasteiger partial charge in [-0.15, -0.1) is 0 Å². The molecule has 1 N–H and O–H groups in total. The molecule has 1 aliphatic heterocycles. The Morgan fingerprint density at radius 2 is 1.73 bits per heavy atom. The van der Waals surface area contributed by atoms with Crippen LogP contribution in [-0.4, -0.2) is 49.3 Å². The number of ether oxygens (including phenoxy) is 2. The largest absolute Gasteiger partial charge is 0.438 e. The van der Waals surface area contributed by atoms with Crippen LogP contribution in [0.1, 0.15) is 22.0 Å². The zero-order valence-corrected chi connectivity index (χ0v) is 13.3. The van der Waals surface area contributed by atoms with E-state index in [1.165, 1.54) is 12.1 Å². The van der Waals surface area contributed by atoms with Gasteiger partial charge in [-0.2, -0.15) is 34.8 Å². The Kier molecular flexibility index (Phi) is 5.02. The number of hydrogen-bond acceptors (Lipinski definition) is 5. The van der Waals surface area contributed by atoms with Gasteiger partial charge in [-0.25, -0.2) is 4.79 Å². The second-order valence-electron chi connectivity index (χ2n) is 5.39. The number of epoxide rings is 1. The average Bonchev–Trinajstić information content (AvgIpc) is 3.27. The van der Waals surface area contributed by atoms with Crippen molar-refractivity contribution in [2.45, 2.75) is 24.1 Å². The summed E-state index contributed by atoms with van der Waals surface area (Å²) < 4.78 is 117. The Balaban J connectivity index is 2.45. The molecular weight excluding hydrogens is 398 g/mol. The van der Waals surface area contributed by atoms with E-state index in [1.54, 1.807) is 0 Å². The third-order valence-electron chi connectivity index (χ3n) is 3.40. The maximum Gasteiger partial charge on any atom is 0.438 e. The van der Waals surface area contributed by atoms with Crippen molar-refractivity contribution in [1.82, 2.24) is 0 Å². The molecule has 26 heavy (non-hydrogen) atoms. The van der Waals surface area contributed by atoms with Crippen molar-refractivity contribution in [1.29, 1.82) is 0 Å². The Morgan fingerprint density at radius 3 is 2.15 bits per heavy atom. The van der Waals surface area contributed by atoms with E-state index >= 15 is 0 Å². The lowest BCUT2D eigenvalue weighted by Gasteiger charge is -2.35. The van der Waals surface area contributed by atoms with Crippen LogP contribution < -0.4 is 0 Å². The van der Waals surface area contributed by atoms with Crippen LogP contribution >= 0.6 is 0 Å². The highest BCUT2D eigenvalue weighted by Gasteiger charge is 2.76. The molecule has 1 aromatic rings. The minimum atomic E-state index is -6.37. The van der Waals surface area contributed by atoms with E-state index in [0.29, 0.717) is 5.56 Å². The van der Waals surface area contributed by atoms with Gasteiger partial charge in [0.2, 0.25) is 0 Å². The van der Waals surface area contributed by atoms with Crippen molar-refractivity contribution in [3.63, 3.8) is 0 Å². The number of carbonyl (C=O) groups is 1. The minimum Gasteiger partial charge on any atom is -0.435 e. The third kappa shape index (κ3) is 4.27. The average molecular weight is 408 g/mol. The van der Waals surface area contributed by atoms with Crippen molar-refractivity contribution in [2.24, 2.45) is 0 Å². The van der Waals surface area contributed by atoms with E-state index in [1.807, 2.05) is 0 Å². The van der Waals surface area contributed by atoms with E-state index in [2.05, 4.69) is 4.74 Å². The van der Waals surface area contributed by atoms with E-state index in [9.17, 15) is 39.6 Å². The van der Waals surface area contributed by atoms with Gasteiger partial charge < -0.3 is 9.47 Å². The summed E-state index contributed by atoms with van der Waals surface area (Å²) in [5.41, 5.74) is -5.79. The van der Waals surface area contributed by atoms with Gasteiger partial charge in [0.15, 0.2) is 0 Å². The second-order valence-corrected chi connectivity index (χ2v) is 6.84. The van der Waals surface area contributed by atoms with E-state index in [-0.39, 0.29) is 6.61 Å². The molecular formula is C13H10F6O6S. The van der Waals surface area contributed by atoms with E-state index in [0.717, 1.165) is 12.1 Å². The molecule has 1 unspecified atom stereocenters. The van der Waals surface area contributed by atoms with Crippen LogP contribution in [0.5, 0.6) is 0 Å². The molecule has 0 aliphatic carbocycles. The molecule has 0 aromatic heterocycles. The molecule has 1 fully saturated rings. The number of carbonyl (C=O) groups excluding carboxylic acids is 1. The number of benzene rings is 1. The zero-order chi connectivity index (χ0) is 20.0. The highest BCUT2D eigenvalue weighted by atomic mass is 32.2. The highest BCUT2D eigenvalue weighted by Crippen LogP contribution is 2.47. The first-order valence-corrected chi connectivity index (χ1v) is 8.31. The SMILES string of the molecule is O=C(OC(CS(=O)(=O)O)(C(F)(F)F)C(F)(F)F)c1cccc(C2CO2)c1. The number of esters is 1. The topological polar surface area (TPSA) is 93.2 Å². The number of halogens is 6. The van der Waals surface area contributed by atoms with E-state index in [4.69, 9.17) is 9.29 Å². The maximum absolute atomic E-state index is 13.1. The van der Waals surface area contributed by atoms with Gasteiger partial charge in [0.05, 0.1) is 12.2 Å². The maximum atomic E-state index is 13.1. The van der Waals surface area contributed by atoms with Crippen molar-refractivity contribution in [3.05, 3.63) is 35.4 Å². The molecule has 0 spiro atoms. The van der Waals surface area contributed by atoms with Gasteiger partial charge in [0.1, 0.15) is 11.9 Å². The van der Waals surface area contributed by atoms with Crippen LogP contribution in [0.15, 0.2) is 24.3 Å². The predicted octanol–water partition coefficient (Wildman–Crippen LogP) is 2.67. The lowest BCUT2D eigenvalue weighted by molar-refractivity contribution is -0.356. The molecule has 1 aromatic carbocycles. The van der Waals surface area contributed by atoms with Crippen LogP contribution in [0.3, 0.4) is 0 Å². The lowest BCUT2D eigenvalue weighted by Crippen LogP contribution is -2.63. The van der Waals surface area contributed by atoms with Gasteiger partial charge in [0, 0.05) is 0 Å². The molecule has 0 radical (unpaired) electrons. The fraction of sp³-hybridized carbons (Fsp3) is 0.462. The Labute approximate surface area is 142 Å². The Hall–Kier alpha value is -1.86. The Bertz CT molecular complexity index is 782. The molecule has 1 aliphatic rings. The van der Waals surface area contributed by atoms with Crippen LogP contribution in [0, 0.1) is 0 Å². The van der Waals surface area contributed by atoms with Crippen LogP contribution in [-0.2, 0) is 19.6 Å². The molecule has 2 rings (SSSR count). The highest BCUT2D eigenvalue weighted by molar-refractivity contribution is 7.85. The standard InChI is InChI=1S/C13H10F6O6S/c14-12(15,16)11(13(17,18)19,6-26(21,22)23)25-10(20)8-3-1-2-7(4-8)9-5-24-9/h1-4,9H,5-6H2,(H,21,22,23). The fourth-order valence-electron chi connectivity index (χ4n) is 2.05. The summed E-state index contributed by atoms with van der Waals surface area (Å²) in [6, 6.07) is 4.46. The predicted molar refractivity (Wildman–Crippen MR) is 71.8 cm³/mol. The minimum absolute atomic E-state index is 0.260. The first-order valence-electron chi connectivity index (χ1n) is 6.70. The van der Waals surface area contributed by atoms with Crippen LogP contribution in [0.25, 0.3) is 0 Å². The molecule has 1 atom stereocenters. The quantitative estimate of drug-likeness (QED) is 0.349. The summed E-state index contributed by atoms with van der Waals surface area (Å²) in [4.78, 5) is 11.9. The van der Waals surface area contributed by atoms with Crippen LogP contribution in [0.2, 0.25) is 0 Å². The lowest BCUT2D eigenvalue weighted by atomic mass is 10.0. The summed E-state index contributed by atoms with van der Waals surface area (Å²) in [6.45, 7) is 0.260. The summed E-state index contributed by atoms with van der Waals surface area (Å²) >= 11 is 0. The number of rotatable bonds is 5. The molecule has 1 heterocycles. The number of alkyl halides is 6. The van der Waals surface area contributed by atoms with Crippen molar-refractivity contribution in [3.8, 4) is 0 Å². The smallest absolute Gasteiger partial charge is 0.435 e. The molecule has 0 bridgehead atoms. The number of hydrogen-bond donors (Lipinski definition) is 1. The van der Waals surface area contributed by atoms with Crippen molar-refractivity contribution >= 4 is 16.1 Å². The molecule has 146 valence electrons. The molecule has 1 saturated heterocycles. The van der Waals surface area contributed by atoms with Gasteiger partial charge >= 0.3 is 23.9 Å². The zero-order valence-electron chi connectivity index (χ0n) is 12.5. The van der Waals surface area contributed by atoms with E-state index < -0.39 is 51.5 Å². The summed E-state index contributed by atoms with van der Waals surface area (Å²) in [7, 11) is -5.82. The molecule has 6 nitrogen and oxygen atoms in total. The molecule has 0 saturated carbocycles. The van der Waals surface area contributed by atoms with Crippen molar-refractivity contribution < 1.29 is 53.6 Å². The summed E-state index contributed by atoms with van der Waals surface area (Å²) in [6.07, 6.45) is -13.2. The van der Waals surface area contributed by atoms with Crippen molar-refractivity contribution in [2.75, 3.05) is 12.4 Å². The third-order valence-corrected chi connectivity index (χ3v) is 4.17. The van der Waals surface area contributed by atoms with Gasteiger partial charge in [-0.1, -0.05) is 12.1 Å². The first kappa shape index (κ1) is 20.5.